The maximum atomic E-state index is 10.9. The molecule has 3 rings (SSSR count). The van der Waals surface area contributed by atoms with Gasteiger partial charge in [0.15, 0.2) is 0 Å². The highest BCUT2D eigenvalue weighted by Gasteiger charge is 2.33. The summed E-state index contributed by atoms with van der Waals surface area (Å²) in [6, 6.07) is 6.15. The van der Waals surface area contributed by atoms with Crippen LogP contribution in [0.2, 0.25) is 0 Å². The number of hydrogen-bond donors (Lipinski definition) is 1. The van der Waals surface area contributed by atoms with E-state index < -0.39 is 5.60 Å². The van der Waals surface area contributed by atoms with Gasteiger partial charge >= 0.3 is 0 Å². The lowest BCUT2D eigenvalue weighted by Crippen LogP contribution is -2.38. The summed E-state index contributed by atoms with van der Waals surface area (Å²) in [5.41, 5.74) is 2.88. The minimum atomic E-state index is -0.677. The molecule has 1 aliphatic rings. The summed E-state index contributed by atoms with van der Waals surface area (Å²) in [6.07, 6.45) is 3.03. The first-order valence-electron chi connectivity index (χ1n) is 6.87. The van der Waals surface area contributed by atoms with E-state index in [1.165, 1.54) is 11.1 Å². The van der Waals surface area contributed by atoms with Crippen LogP contribution >= 0.6 is 11.3 Å². The second-order valence-corrected chi connectivity index (χ2v) is 6.54. The minimum Gasteiger partial charge on any atom is -0.497 e. The second kappa shape index (κ2) is 5.19. The van der Waals surface area contributed by atoms with Crippen molar-refractivity contribution in [3.05, 3.63) is 45.4 Å². The van der Waals surface area contributed by atoms with E-state index in [0.29, 0.717) is 12.8 Å². The summed E-state index contributed by atoms with van der Waals surface area (Å²) in [4.78, 5) is 4.47. The first-order chi connectivity index (χ1) is 9.58. The van der Waals surface area contributed by atoms with Gasteiger partial charge in [-0.15, -0.1) is 11.3 Å². The normalized spacial score (nSPS) is 21.6. The van der Waals surface area contributed by atoms with Crippen molar-refractivity contribution >= 4 is 11.3 Å². The molecule has 0 saturated carbocycles. The molecule has 1 aliphatic carbocycles. The Morgan fingerprint density at radius 1 is 1.40 bits per heavy atom. The zero-order valence-electron chi connectivity index (χ0n) is 11.8. The van der Waals surface area contributed by atoms with Crippen LogP contribution in [0.15, 0.2) is 23.6 Å². The Hall–Kier alpha value is -1.39. The predicted octanol–water partition coefficient (Wildman–Crippen LogP) is 2.92. The van der Waals surface area contributed by atoms with Crippen molar-refractivity contribution in [2.75, 3.05) is 7.11 Å². The molecule has 1 N–H and O–H groups in total. The average Bonchev–Trinajstić information content (AvgIpc) is 2.82. The van der Waals surface area contributed by atoms with Gasteiger partial charge < -0.3 is 9.84 Å². The van der Waals surface area contributed by atoms with E-state index in [1.807, 2.05) is 24.4 Å². The van der Waals surface area contributed by atoms with E-state index in [1.54, 1.807) is 18.4 Å². The number of aliphatic hydroxyl groups is 1. The minimum absolute atomic E-state index is 0.641. The smallest absolute Gasteiger partial charge is 0.119 e. The molecule has 0 saturated heterocycles. The molecule has 20 heavy (non-hydrogen) atoms. The molecule has 0 amide bonds. The zero-order chi connectivity index (χ0) is 14.2. The van der Waals surface area contributed by atoms with Crippen LogP contribution in [0.25, 0.3) is 0 Å². The van der Waals surface area contributed by atoms with E-state index in [0.717, 1.165) is 29.3 Å². The molecule has 1 heterocycles. The largest absolute Gasteiger partial charge is 0.497 e. The van der Waals surface area contributed by atoms with Gasteiger partial charge in [0.2, 0.25) is 0 Å². The summed E-state index contributed by atoms with van der Waals surface area (Å²) < 4.78 is 5.28. The molecular weight excluding hydrogens is 270 g/mol. The topological polar surface area (TPSA) is 42.4 Å². The number of thiazole rings is 1. The monoisotopic (exact) mass is 289 g/mol. The lowest BCUT2D eigenvalue weighted by molar-refractivity contribution is 0.0266. The summed E-state index contributed by atoms with van der Waals surface area (Å²) >= 11 is 1.63. The van der Waals surface area contributed by atoms with Gasteiger partial charge in [0.25, 0.3) is 0 Å². The van der Waals surface area contributed by atoms with Crippen LogP contribution in [0.5, 0.6) is 5.75 Å². The highest BCUT2D eigenvalue weighted by atomic mass is 32.1. The fraction of sp³-hybridized carbons (Fsp3) is 0.438. The van der Waals surface area contributed by atoms with Crippen LogP contribution in [-0.4, -0.2) is 22.8 Å². The van der Waals surface area contributed by atoms with Crippen molar-refractivity contribution in [1.82, 2.24) is 4.98 Å². The Bertz CT molecular complexity index is 623. The van der Waals surface area contributed by atoms with Crippen molar-refractivity contribution in [3.63, 3.8) is 0 Å². The fourth-order valence-corrected chi connectivity index (χ4v) is 3.77. The molecule has 1 aromatic heterocycles. The van der Waals surface area contributed by atoms with E-state index in [9.17, 15) is 5.11 Å². The zero-order valence-corrected chi connectivity index (χ0v) is 12.7. The van der Waals surface area contributed by atoms with Gasteiger partial charge in [-0.2, -0.15) is 0 Å². The van der Waals surface area contributed by atoms with Crippen LogP contribution in [-0.2, 0) is 19.3 Å². The van der Waals surface area contributed by atoms with Gasteiger partial charge in [-0.3, -0.25) is 0 Å². The molecular formula is C16H19NO2S. The van der Waals surface area contributed by atoms with Crippen LogP contribution in [0.3, 0.4) is 0 Å². The lowest BCUT2D eigenvalue weighted by atomic mass is 9.79. The first kappa shape index (κ1) is 13.6. The molecule has 0 fully saturated rings. The van der Waals surface area contributed by atoms with E-state index in [4.69, 9.17) is 4.74 Å². The lowest BCUT2D eigenvalue weighted by Gasteiger charge is -2.33. The molecule has 1 atom stereocenters. The van der Waals surface area contributed by atoms with Crippen LogP contribution in [0.4, 0.5) is 0 Å². The number of methoxy groups -OCH3 is 1. The molecule has 0 bridgehead atoms. The van der Waals surface area contributed by atoms with E-state index in [-0.39, 0.29) is 0 Å². The molecule has 0 aliphatic heterocycles. The second-order valence-electron chi connectivity index (χ2n) is 5.60. The summed E-state index contributed by atoms with van der Waals surface area (Å²) in [5, 5.41) is 13.9. The van der Waals surface area contributed by atoms with Crippen molar-refractivity contribution in [2.45, 2.75) is 38.2 Å². The highest BCUT2D eigenvalue weighted by Crippen LogP contribution is 2.33. The van der Waals surface area contributed by atoms with Gasteiger partial charge in [-0.1, -0.05) is 6.07 Å². The van der Waals surface area contributed by atoms with Crippen molar-refractivity contribution < 1.29 is 9.84 Å². The summed E-state index contributed by atoms with van der Waals surface area (Å²) in [6.45, 7) is 1.99. The number of ether oxygens (including phenoxy) is 1. The maximum absolute atomic E-state index is 10.9. The fourth-order valence-electron chi connectivity index (χ4n) is 2.86. The summed E-state index contributed by atoms with van der Waals surface area (Å²) in [7, 11) is 1.68. The first-order valence-corrected chi connectivity index (χ1v) is 7.75. The van der Waals surface area contributed by atoms with Gasteiger partial charge in [0.05, 0.1) is 17.7 Å². The van der Waals surface area contributed by atoms with Crippen molar-refractivity contribution in [1.29, 1.82) is 0 Å². The molecule has 3 nitrogen and oxygen atoms in total. The third kappa shape index (κ3) is 2.72. The number of nitrogens with zero attached hydrogens (tertiary/aromatic N) is 1. The Balaban J connectivity index is 1.82. The Morgan fingerprint density at radius 2 is 2.25 bits per heavy atom. The summed E-state index contributed by atoms with van der Waals surface area (Å²) in [5.74, 6) is 0.859. The van der Waals surface area contributed by atoms with E-state index in [2.05, 4.69) is 11.1 Å². The molecule has 1 aromatic carbocycles. The standard InChI is InChI=1S/C16H19NO2S/c1-11-10-20-15(17-11)9-16(18)6-5-12-3-4-14(19-2)7-13(12)8-16/h3-4,7,10,18H,5-6,8-9H2,1-2H3. The SMILES string of the molecule is COc1ccc2c(c1)CC(O)(Cc1nc(C)cs1)CC2. The highest BCUT2D eigenvalue weighted by molar-refractivity contribution is 7.09. The number of rotatable bonds is 3. The number of fused-ring (bicyclic) bond motifs is 1. The average molecular weight is 289 g/mol. The molecule has 4 heteroatoms. The third-order valence-corrected chi connectivity index (χ3v) is 4.91. The van der Waals surface area contributed by atoms with Crippen LogP contribution in [0.1, 0.15) is 28.2 Å². The number of benzene rings is 1. The molecule has 0 spiro atoms. The van der Waals surface area contributed by atoms with E-state index >= 15 is 0 Å². The van der Waals surface area contributed by atoms with Gasteiger partial charge in [0, 0.05) is 23.9 Å². The molecule has 106 valence electrons. The Labute approximate surface area is 123 Å². The maximum Gasteiger partial charge on any atom is 0.119 e. The number of aromatic nitrogens is 1. The third-order valence-electron chi connectivity index (χ3n) is 3.94. The molecule has 0 radical (unpaired) electrons. The van der Waals surface area contributed by atoms with Crippen LogP contribution < -0.4 is 4.74 Å². The molecule has 1 unspecified atom stereocenters. The van der Waals surface area contributed by atoms with Crippen LogP contribution in [0, 0.1) is 6.92 Å². The van der Waals surface area contributed by atoms with Gasteiger partial charge in [-0.05, 0) is 43.0 Å². The predicted molar refractivity (Wildman–Crippen MR) is 80.5 cm³/mol. The van der Waals surface area contributed by atoms with Crippen molar-refractivity contribution in [2.24, 2.45) is 0 Å². The molecule has 2 aromatic rings. The Morgan fingerprint density at radius 3 is 2.95 bits per heavy atom. The Kier molecular flexibility index (Phi) is 3.52. The van der Waals surface area contributed by atoms with Gasteiger partial charge in [-0.25, -0.2) is 4.98 Å². The number of aryl methyl sites for hydroxylation is 2. The quantitative estimate of drug-likeness (QED) is 0.944. The van der Waals surface area contributed by atoms with Crippen molar-refractivity contribution in [3.8, 4) is 5.75 Å². The van der Waals surface area contributed by atoms with Gasteiger partial charge in [0.1, 0.15) is 5.75 Å². The number of hydrogen-bond acceptors (Lipinski definition) is 4.